The molecule has 0 aliphatic heterocycles. The highest BCUT2D eigenvalue weighted by Crippen LogP contribution is 2.20. The zero-order valence-corrected chi connectivity index (χ0v) is 14.0. The maximum absolute atomic E-state index is 12.3. The van der Waals surface area contributed by atoms with E-state index in [9.17, 15) is 4.79 Å². The molecule has 1 heterocycles. The summed E-state index contributed by atoms with van der Waals surface area (Å²) < 4.78 is 5.57. The van der Waals surface area contributed by atoms with Gasteiger partial charge in [-0.15, -0.1) is 0 Å². The number of hydrogen-bond donors (Lipinski definition) is 0. The molecule has 124 valence electrons. The van der Waals surface area contributed by atoms with Crippen molar-refractivity contribution in [1.29, 1.82) is 5.26 Å². The number of nitriles is 1. The minimum absolute atomic E-state index is 0.161. The van der Waals surface area contributed by atoms with Gasteiger partial charge in [-0.2, -0.15) is 5.26 Å². The standard InChI is InChI=1S/C21H18N2O2/c1-23(14-4-13-22)18-10-7-16(8-11-18)9-12-19(24)21-15-17-5-2-3-6-20(17)25-21/h2-3,5-12,15H,4,14H2,1H3/b12-9+. The van der Waals surface area contributed by atoms with Crippen LogP contribution in [0.1, 0.15) is 22.5 Å². The molecule has 2 aromatic carbocycles. The van der Waals surface area contributed by atoms with Gasteiger partial charge < -0.3 is 9.32 Å². The van der Waals surface area contributed by atoms with E-state index in [0.29, 0.717) is 24.3 Å². The molecule has 4 nitrogen and oxygen atoms in total. The van der Waals surface area contributed by atoms with Gasteiger partial charge in [0.1, 0.15) is 5.58 Å². The molecule has 0 unspecified atom stereocenters. The molecule has 0 saturated carbocycles. The summed E-state index contributed by atoms with van der Waals surface area (Å²) in [6.45, 7) is 0.691. The third-order valence-electron chi connectivity index (χ3n) is 3.99. The number of carbonyl (C=O) groups is 1. The van der Waals surface area contributed by atoms with Crippen LogP contribution in [-0.4, -0.2) is 19.4 Å². The Kier molecular flexibility index (Phi) is 4.96. The lowest BCUT2D eigenvalue weighted by molar-refractivity contribution is 0.102. The largest absolute Gasteiger partial charge is 0.453 e. The second kappa shape index (κ2) is 7.50. The van der Waals surface area contributed by atoms with Crippen LogP contribution >= 0.6 is 0 Å². The summed E-state index contributed by atoms with van der Waals surface area (Å²) >= 11 is 0. The second-order valence-corrected chi connectivity index (χ2v) is 5.77. The van der Waals surface area contributed by atoms with E-state index < -0.39 is 0 Å². The van der Waals surface area contributed by atoms with E-state index in [1.807, 2.05) is 60.5 Å². The zero-order valence-electron chi connectivity index (χ0n) is 14.0. The Bertz CT molecular complexity index is 913. The van der Waals surface area contributed by atoms with Crippen LogP contribution in [0.5, 0.6) is 0 Å². The van der Waals surface area contributed by atoms with E-state index in [2.05, 4.69) is 6.07 Å². The van der Waals surface area contributed by atoms with Gasteiger partial charge >= 0.3 is 0 Å². The van der Waals surface area contributed by atoms with Crippen molar-refractivity contribution in [3.8, 4) is 6.07 Å². The lowest BCUT2D eigenvalue weighted by Crippen LogP contribution is -2.17. The van der Waals surface area contributed by atoms with Crippen LogP contribution in [0.25, 0.3) is 17.0 Å². The normalized spacial score (nSPS) is 10.9. The van der Waals surface area contributed by atoms with Crippen molar-refractivity contribution in [2.75, 3.05) is 18.5 Å². The number of rotatable bonds is 6. The van der Waals surface area contributed by atoms with Gasteiger partial charge in [-0.1, -0.05) is 36.4 Å². The first-order chi connectivity index (χ1) is 12.2. The Hall–Kier alpha value is -3.32. The van der Waals surface area contributed by atoms with Crippen LogP contribution < -0.4 is 4.90 Å². The molecule has 0 amide bonds. The van der Waals surface area contributed by atoms with Crippen molar-refractivity contribution in [2.24, 2.45) is 0 Å². The molecule has 4 heteroatoms. The molecule has 0 saturated heterocycles. The van der Waals surface area contributed by atoms with E-state index in [4.69, 9.17) is 9.68 Å². The molecule has 25 heavy (non-hydrogen) atoms. The number of fused-ring (bicyclic) bond motifs is 1. The van der Waals surface area contributed by atoms with Gasteiger partial charge in [0.15, 0.2) is 5.76 Å². The van der Waals surface area contributed by atoms with E-state index in [-0.39, 0.29) is 5.78 Å². The predicted molar refractivity (Wildman–Crippen MR) is 99.5 cm³/mol. The summed E-state index contributed by atoms with van der Waals surface area (Å²) in [5, 5.41) is 9.56. The molecule has 0 bridgehead atoms. The number of para-hydroxylation sites is 1. The van der Waals surface area contributed by atoms with Gasteiger partial charge in [-0.05, 0) is 35.9 Å². The van der Waals surface area contributed by atoms with Gasteiger partial charge in [0.05, 0.1) is 12.5 Å². The summed E-state index contributed by atoms with van der Waals surface area (Å²) in [6.07, 6.45) is 3.78. The summed E-state index contributed by atoms with van der Waals surface area (Å²) in [5.41, 5.74) is 2.68. The van der Waals surface area contributed by atoms with Gasteiger partial charge in [0, 0.05) is 24.7 Å². The van der Waals surface area contributed by atoms with Crippen LogP contribution in [0.15, 0.2) is 65.1 Å². The first-order valence-corrected chi connectivity index (χ1v) is 8.06. The quantitative estimate of drug-likeness (QED) is 0.486. The van der Waals surface area contributed by atoms with E-state index in [1.165, 1.54) is 6.08 Å². The fourth-order valence-electron chi connectivity index (χ4n) is 2.54. The third-order valence-corrected chi connectivity index (χ3v) is 3.99. The highest BCUT2D eigenvalue weighted by atomic mass is 16.3. The maximum Gasteiger partial charge on any atom is 0.221 e. The fourth-order valence-corrected chi connectivity index (χ4v) is 2.54. The maximum atomic E-state index is 12.3. The number of furan rings is 1. The molecule has 0 radical (unpaired) electrons. The number of carbonyl (C=O) groups excluding carboxylic acids is 1. The van der Waals surface area contributed by atoms with E-state index >= 15 is 0 Å². The summed E-state index contributed by atoms with van der Waals surface area (Å²) in [4.78, 5) is 14.3. The summed E-state index contributed by atoms with van der Waals surface area (Å²) in [7, 11) is 1.95. The SMILES string of the molecule is CN(CCC#N)c1ccc(/C=C/C(=O)c2cc3ccccc3o2)cc1. The first kappa shape index (κ1) is 16.5. The van der Waals surface area contributed by atoms with Crippen LogP contribution in [0.4, 0.5) is 5.69 Å². The summed E-state index contributed by atoms with van der Waals surface area (Å²) in [6, 6.07) is 19.3. The molecule has 0 atom stereocenters. The Morgan fingerprint density at radius 2 is 1.96 bits per heavy atom. The number of nitrogens with zero attached hydrogens (tertiary/aromatic N) is 2. The molecule has 3 rings (SSSR count). The van der Waals surface area contributed by atoms with Crippen molar-refractivity contribution in [3.05, 3.63) is 72.0 Å². The van der Waals surface area contributed by atoms with Crippen molar-refractivity contribution >= 4 is 28.5 Å². The van der Waals surface area contributed by atoms with Crippen molar-refractivity contribution in [2.45, 2.75) is 6.42 Å². The topological polar surface area (TPSA) is 57.2 Å². The molecular weight excluding hydrogens is 312 g/mol. The monoisotopic (exact) mass is 330 g/mol. The minimum atomic E-state index is -0.161. The Labute approximate surface area is 146 Å². The number of anilines is 1. The molecule has 0 spiro atoms. The van der Waals surface area contributed by atoms with Gasteiger partial charge in [-0.25, -0.2) is 0 Å². The molecule has 0 aliphatic carbocycles. The highest BCUT2D eigenvalue weighted by molar-refractivity contribution is 6.06. The van der Waals surface area contributed by atoms with Crippen molar-refractivity contribution in [3.63, 3.8) is 0 Å². The third kappa shape index (κ3) is 3.96. The minimum Gasteiger partial charge on any atom is -0.453 e. The molecule has 0 N–H and O–H groups in total. The average Bonchev–Trinajstić information content (AvgIpc) is 3.09. The number of hydrogen-bond acceptors (Lipinski definition) is 4. The number of benzene rings is 2. The van der Waals surface area contributed by atoms with Crippen LogP contribution in [0, 0.1) is 11.3 Å². The fraction of sp³-hybridized carbons (Fsp3) is 0.143. The lowest BCUT2D eigenvalue weighted by Gasteiger charge is -2.17. The molecular formula is C21H18N2O2. The Morgan fingerprint density at radius 1 is 1.20 bits per heavy atom. The van der Waals surface area contributed by atoms with Crippen LogP contribution in [0.2, 0.25) is 0 Å². The zero-order chi connectivity index (χ0) is 17.6. The number of allylic oxidation sites excluding steroid dienone is 1. The van der Waals surface area contributed by atoms with Gasteiger partial charge in [0.25, 0.3) is 0 Å². The first-order valence-electron chi connectivity index (χ1n) is 8.06. The van der Waals surface area contributed by atoms with Crippen LogP contribution in [-0.2, 0) is 0 Å². The average molecular weight is 330 g/mol. The second-order valence-electron chi connectivity index (χ2n) is 5.77. The van der Waals surface area contributed by atoms with E-state index in [0.717, 1.165) is 16.6 Å². The summed E-state index contributed by atoms with van der Waals surface area (Å²) in [5.74, 6) is 0.178. The molecule has 3 aromatic rings. The Morgan fingerprint density at radius 3 is 2.68 bits per heavy atom. The highest BCUT2D eigenvalue weighted by Gasteiger charge is 2.09. The molecule has 0 aliphatic rings. The number of ketones is 1. The Balaban J connectivity index is 1.69. The molecule has 0 fully saturated rings. The van der Waals surface area contributed by atoms with Gasteiger partial charge in [-0.3, -0.25) is 4.79 Å². The van der Waals surface area contributed by atoms with Crippen molar-refractivity contribution in [1.82, 2.24) is 0 Å². The van der Waals surface area contributed by atoms with Crippen LogP contribution in [0.3, 0.4) is 0 Å². The van der Waals surface area contributed by atoms with Gasteiger partial charge in [0.2, 0.25) is 5.78 Å². The molecule has 1 aromatic heterocycles. The van der Waals surface area contributed by atoms with E-state index in [1.54, 1.807) is 12.1 Å². The van der Waals surface area contributed by atoms with Crippen molar-refractivity contribution < 1.29 is 9.21 Å². The lowest BCUT2D eigenvalue weighted by atomic mass is 10.1. The smallest absolute Gasteiger partial charge is 0.221 e. The predicted octanol–water partition coefficient (Wildman–Crippen LogP) is 4.68.